The highest BCUT2D eigenvalue weighted by atomic mass is 16.8. The second-order valence-corrected chi connectivity index (χ2v) is 6.39. The lowest BCUT2D eigenvalue weighted by Gasteiger charge is -2.29. The largest absolute Gasteiger partial charge is 0.469 e. The van der Waals surface area contributed by atoms with Crippen molar-refractivity contribution in [2.75, 3.05) is 26.8 Å². The summed E-state index contributed by atoms with van der Waals surface area (Å²) in [6.45, 7) is 2.58. The molecular formula is C17H22N2O4. The SMILES string of the molecule is COC(=O)[C@H]1CN(C2(OCc3ccccc3)CO2)[C@@H]2CCN[C@H]12. The fourth-order valence-corrected chi connectivity index (χ4v) is 3.86. The molecule has 23 heavy (non-hydrogen) atoms. The molecule has 0 aliphatic carbocycles. The Bertz CT molecular complexity index is 575. The molecule has 124 valence electrons. The van der Waals surface area contributed by atoms with Crippen molar-refractivity contribution in [3.05, 3.63) is 35.9 Å². The number of benzene rings is 1. The zero-order valence-electron chi connectivity index (χ0n) is 13.2. The third-order valence-corrected chi connectivity index (χ3v) is 5.10. The highest BCUT2D eigenvalue weighted by Crippen LogP contribution is 2.43. The van der Waals surface area contributed by atoms with Crippen molar-refractivity contribution in [2.45, 2.75) is 31.0 Å². The van der Waals surface area contributed by atoms with E-state index >= 15 is 0 Å². The van der Waals surface area contributed by atoms with Gasteiger partial charge < -0.3 is 19.5 Å². The first-order chi connectivity index (χ1) is 11.2. The van der Waals surface area contributed by atoms with Gasteiger partial charge in [-0.15, -0.1) is 0 Å². The lowest BCUT2D eigenvalue weighted by Crippen LogP contribution is -2.45. The smallest absolute Gasteiger partial charge is 0.311 e. The van der Waals surface area contributed by atoms with Gasteiger partial charge in [-0.25, -0.2) is 4.90 Å². The molecule has 3 aliphatic rings. The number of hydrogen-bond donors (Lipinski definition) is 1. The molecule has 3 fully saturated rings. The molecule has 3 saturated heterocycles. The van der Waals surface area contributed by atoms with Gasteiger partial charge in [0.15, 0.2) is 0 Å². The molecule has 1 N–H and O–H groups in total. The van der Waals surface area contributed by atoms with E-state index in [0.717, 1.165) is 18.5 Å². The van der Waals surface area contributed by atoms with Gasteiger partial charge in [0, 0.05) is 18.6 Å². The van der Waals surface area contributed by atoms with Gasteiger partial charge in [-0.05, 0) is 18.5 Å². The van der Waals surface area contributed by atoms with Crippen LogP contribution in [-0.2, 0) is 25.6 Å². The van der Waals surface area contributed by atoms with E-state index in [-0.39, 0.29) is 24.0 Å². The van der Waals surface area contributed by atoms with E-state index in [1.54, 1.807) is 0 Å². The molecule has 6 nitrogen and oxygen atoms in total. The van der Waals surface area contributed by atoms with Gasteiger partial charge in [0.2, 0.25) is 0 Å². The van der Waals surface area contributed by atoms with Gasteiger partial charge in [0.25, 0.3) is 5.91 Å². The molecule has 0 radical (unpaired) electrons. The van der Waals surface area contributed by atoms with Crippen LogP contribution in [0.4, 0.5) is 0 Å². The van der Waals surface area contributed by atoms with Gasteiger partial charge in [-0.3, -0.25) is 4.79 Å². The Morgan fingerprint density at radius 1 is 1.43 bits per heavy atom. The maximum atomic E-state index is 12.1. The highest BCUT2D eigenvalue weighted by Gasteiger charge is 2.61. The van der Waals surface area contributed by atoms with Crippen molar-refractivity contribution in [2.24, 2.45) is 5.92 Å². The van der Waals surface area contributed by atoms with Crippen molar-refractivity contribution in [3.8, 4) is 0 Å². The molecule has 4 rings (SSSR count). The van der Waals surface area contributed by atoms with Crippen LogP contribution in [0.1, 0.15) is 12.0 Å². The molecular weight excluding hydrogens is 296 g/mol. The normalized spacial score (nSPS) is 36.0. The third kappa shape index (κ3) is 2.65. The van der Waals surface area contributed by atoms with E-state index in [0.29, 0.717) is 19.8 Å². The summed E-state index contributed by atoms with van der Waals surface area (Å²) < 4.78 is 16.8. The molecule has 0 spiro atoms. The van der Waals surface area contributed by atoms with Gasteiger partial charge in [-0.2, -0.15) is 0 Å². The quantitative estimate of drug-likeness (QED) is 0.638. The molecule has 1 aromatic carbocycles. The first kappa shape index (κ1) is 15.1. The van der Waals surface area contributed by atoms with E-state index < -0.39 is 5.91 Å². The van der Waals surface area contributed by atoms with Gasteiger partial charge in [0.1, 0.15) is 6.61 Å². The zero-order valence-corrected chi connectivity index (χ0v) is 13.2. The van der Waals surface area contributed by atoms with E-state index in [9.17, 15) is 4.79 Å². The first-order valence-electron chi connectivity index (χ1n) is 8.13. The van der Waals surface area contributed by atoms with Crippen LogP contribution in [-0.4, -0.2) is 55.7 Å². The Morgan fingerprint density at radius 2 is 2.22 bits per heavy atom. The van der Waals surface area contributed by atoms with Crippen LogP contribution in [0.5, 0.6) is 0 Å². The number of nitrogens with zero attached hydrogens (tertiary/aromatic N) is 1. The molecule has 6 heteroatoms. The van der Waals surface area contributed by atoms with Gasteiger partial charge >= 0.3 is 5.97 Å². The summed E-state index contributed by atoms with van der Waals surface area (Å²) in [5.74, 6) is -0.988. The van der Waals surface area contributed by atoms with Crippen molar-refractivity contribution < 1.29 is 19.0 Å². The van der Waals surface area contributed by atoms with Crippen LogP contribution >= 0.6 is 0 Å². The molecule has 0 bridgehead atoms. The summed E-state index contributed by atoms with van der Waals surface area (Å²) in [6.07, 6.45) is 0.998. The fraction of sp³-hybridized carbons (Fsp3) is 0.588. The van der Waals surface area contributed by atoms with Crippen molar-refractivity contribution in [3.63, 3.8) is 0 Å². The Hall–Kier alpha value is -1.47. The summed E-state index contributed by atoms with van der Waals surface area (Å²) in [4.78, 5) is 14.3. The molecule has 1 aromatic rings. The highest BCUT2D eigenvalue weighted by molar-refractivity contribution is 5.74. The number of rotatable bonds is 5. The zero-order chi connectivity index (χ0) is 15.9. The van der Waals surface area contributed by atoms with E-state index in [1.807, 2.05) is 30.3 Å². The van der Waals surface area contributed by atoms with E-state index in [4.69, 9.17) is 14.2 Å². The summed E-state index contributed by atoms with van der Waals surface area (Å²) in [7, 11) is 1.45. The van der Waals surface area contributed by atoms with E-state index in [1.165, 1.54) is 7.11 Å². The molecule has 0 amide bonds. The second-order valence-electron chi connectivity index (χ2n) is 6.39. The molecule has 0 aromatic heterocycles. The molecule has 3 heterocycles. The number of likely N-dealkylation sites (tertiary alicyclic amines) is 1. The standard InChI is InChI=1S/C17H22N2O4/c1-21-16(20)13-9-19(14-7-8-18-15(13)14)17(11-23-17)22-10-12-5-3-2-4-6-12/h2-6,13-15,18H,7-11H2,1H3/t13-,14+,15+,17?/m0/s1. The average molecular weight is 318 g/mol. The van der Waals surface area contributed by atoms with Crippen molar-refractivity contribution >= 4 is 5.97 Å². The number of fused-ring (bicyclic) bond motifs is 1. The average Bonchev–Trinajstić information content (AvgIpc) is 3.05. The molecule has 4 atom stereocenters. The van der Waals surface area contributed by atoms with Crippen LogP contribution in [0.3, 0.4) is 0 Å². The van der Waals surface area contributed by atoms with E-state index in [2.05, 4.69) is 10.2 Å². The summed E-state index contributed by atoms with van der Waals surface area (Å²) in [5, 5.41) is 3.43. The lowest BCUT2D eigenvalue weighted by molar-refractivity contribution is -0.164. The number of methoxy groups -OCH3 is 1. The number of esters is 1. The molecule has 1 unspecified atom stereocenters. The number of hydrogen-bond acceptors (Lipinski definition) is 6. The topological polar surface area (TPSA) is 63.3 Å². The number of carbonyl (C=O) groups excluding carboxylic acids is 1. The second kappa shape index (κ2) is 5.87. The predicted molar refractivity (Wildman–Crippen MR) is 82.3 cm³/mol. The number of epoxide rings is 1. The number of nitrogens with one attached hydrogen (secondary N) is 1. The maximum absolute atomic E-state index is 12.1. The van der Waals surface area contributed by atoms with Crippen LogP contribution in [0, 0.1) is 5.92 Å². The number of carbonyl (C=O) groups is 1. The van der Waals surface area contributed by atoms with Crippen LogP contribution in [0.15, 0.2) is 30.3 Å². The Kier molecular flexibility index (Phi) is 3.85. The van der Waals surface area contributed by atoms with Gasteiger partial charge in [0.05, 0.1) is 19.6 Å². The third-order valence-electron chi connectivity index (χ3n) is 5.10. The summed E-state index contributed by atoms with van der Waals surface area (Å²) >= 11 is 0. The Balaban J connectivity index is 1.47. The summed E-state index contributed by atoms with van der Waals surface area (Å²) in [5.41, 5.74) is 1.12. The minimum atomic E-state index is -0.673. The lowest BCUT2D eigenvalue weighted by atomic mass is 10.0. The minimum absolute atomic E-state index is 0.129. The Morgan fingerprint density at radius 3 is 2.91 bits per heavy atom. The maximum Gasteiger partial charge on any atom is 0.311 e. The predicted octanol–water partition coefficient (Wildman–Crippen LogP) is 0.722. The van der Waals surface area contributed by atoms with Crippen LogP contribution in [0.25, 0.3) is 0 Å². The first-order valence-corrected chi connectivity index (χ1v) is 8.13. The molecule has 0 saturated carbocycles. The Labute approximate surface area is 135 Å². The van der Waals surface area contributed by atoms with Crippen molar-refractivity contribution in [1.29, 1.82) is 0 Å². The number of ether oxygens (including phenoxy) is 3. The minimum Gasteiger partial charge on any atom is -0.469 e. The van der Waals surface area contributed by atoms with Crippen LogP contribution in [0.2, 0.25) is 0 Å². The van der Waals surface area contributed by atoms with Crippen molar-refractivity contribution in [1.82, 2.24) is 10.2 Å². The van der Waals surface area contributed by atoms with Gasteiger partial charge in [-0.1, -0.05) is 30.3 Å². The molecule has 3 aliphatic heterocycles. The summed E-state index contributed by atoms with van der Waals surface area (Å²) in [6, 6.07) is 10.5. The monoisotopic (exact) mass is 318 g/mol. The fourth-order valence-electron chi connectivity index (χ4n) is 3.86. The van der Waals surface area contributed by atoms with Crippen LogP contribution < -0.4 is 5.32 Å².